The molecule has 0 aliphatic heterocycles. The topological polar surface area (TPSA) is 139 Å². The number of carboxylic acid groups (broad SMARTS) is 1. The molecule has 194 valence electrons. The van der Waals surface area contributed by atoms with Gasteiger partial charge in [-0.25, -0.2) is 27.5 Å². The van der Waals surface area contributed by atoms with Crippen molar-refractivity contribution in [3.05, 3.63) is 34.4 Å². The number of benzene rings is 1. The zero-order valence-corrected chi connectivity index (χ0v) is 23.7. The Bertz CT molecular complexity index is 1150. The van der Waals surface area contributed by atoms with E-state index in [0.717, 1.165) is 22.1 Å². The van der Waals surface area contributed by atoms with Crippen LogP contribution in [0.25, 0.3) is 0 Å². The highest BCUT2D eigenvalue weighted by atomic mass is 35.5. The molecule has 35 heavy (non-hydrogen) atoms. The number of aliphatic hydroxyl groups is 1. The first kappa shape index (κ1) is 29.6. The Labute approximate surface area is 219 Å². The van der Waals surface area contributed by atoms with Crippen LogP contribution in [0.5, 0.6) is 5.88 Å². The average molecular weight is 585 g/mol. The molecule has 10 nitrogen and oxygen atoms in total. The van der Waals surface area contributed by atoms with Gasteiger partial charge in [-0.05, 0) is 18.2 Å². The molecule has 15 heteroatoms. The maximum absolute atomic E-state index is 13.6. The van der Waals surface area contributed by atoms with Crippen LogP contribution in [-0.2, 0) is 19.6 Å². The van der Waals surface area contributed by atoms with Crippen LogP contribution in [0.3, 0.4) is 0 Å². The van der Waals surface area contributed by atoms with Crippen LogP contribution in [0.4, 0.5) is 5.82 Å². The molecule has 2 N–H and O–H groups in total. The predicted octanol–water partition coefficient (Wildman–Crippen LogP) is 3.84. The molecule has 0 saturated heterocycles. The molecule has 0 amide bonds. The van der Waals surface area contributed by atoms with E-state index in [0.29, 0.717) is 6.61 Å². The third-order valence-electron chi connectivity index (χ3n) is 4.49. The van der Waals surface area contributed by atoms with Gasteiger partial charge in [0, 0.05) is 20.4 Å². The number of ether oxygens (including phenoxy) is 2. The first-order chi connectivity index (χ1) is 16.3. The van der Waals surface area contributed by atoms with Crippen molar-refractivity contribution in [2.45, 2.75) is 41.7 Å². The highest BCUT2D eigenvalue weighted by Crippen LogP contribution is 2.35. The van der Waals surface area contributed by atoms with Crippen LogP contribution in [0, 0.1) is 0 Å². The van der Waals surface area contributed by atoms with Crippen molar-refractivity contribution < 1.29 is 32.9 Å². The summed E-state index contributed by atoms with van der Waals surface area (Å²) in [6, 6.07) is 5.05. The van der Waals surface area contributed by atoms with Crippen molar-refractivity contribution in [1.82, 2.24) is 9.97 Å². The number of carbonyl (C=O) groups is 1. The standard InChI is InChI=1S/C20H27Cl2N3O7S2Si/c1-31-19-18(23-10-16(24-19)33-11-14(26)20(27)28)25(12-32-8-9-35(2,3)4)34(29,30)15-7-5-6-13(21)17(15)22/h5-7,10,14,26H,8-9,11-12H2,1-4H3,(H,27,28)/t14-/m0/s1. The molecule has 0 aliphatic rings. The Kier molecular flexibility index (Phi) is 10.6. The number of thioether (sulfide) groups is 1. The van der Waals surface area contributed by atoms with Crippen LogP contribution in [0.1, 0.15) is 0 Å². The molecule has 1 heterocycles. The van der Waals surface area contributed by atoms with E-state index < -0.39 is 30.2 Å². The fourth-order valence-electron chi connectivity index (χ4n) is 2.54. The van der Waals surface area contributed by atoms with E-state index in [2.05, 4.69) is 29.6 Å². The highest BCUT2D eigenvalue weighted by Gasteiger charge is 2.32. The fraction of sp³-hybridized carbons (Fsp3) is 0.450. The van der Waals surface area contributed by atoms with E-state index in [-0.39, 0.29) is 44.1 Å². The number of aliphatic carboxylic acids is 1. The van der Waals surface area contributed by atoms with Gasteiger partial charge in [0.1, 0.15) is 16.7 Å². The smallest absolute Gasteiger partial charge is 0.333 e. The second kappa shape index (κ2) is 12.6. The van der Waals surface area contributed by atoms with Gasteiger partial charge in [0.25, 0.3) is 15.9 Å². The molecular weight excluding hydrogens is 557 g/mol. The van der Waals surface area contributed by atoms with Gasteiger partial charge in [-0.3, -0.25) is 0 Å². The fourth-order valence-corrected chi connectivity index (χ4v) is 6.08. The second-order valence-electron chi connectivity index (χ2n) is 8.46. The van der Waals surface area contributed by atoms with E-state index in [9.17, 15) is 18.3 Å². The van der Waals surface area contributed by atoms with Gasteiger partial charge in [-0.2, -0.15) is 0 Å². The van der Waals surface area contributed by atoms with Crippen molar-refractivity contribution in [3.8, 4) is 5.88 Å². The number of hydrogen-bond acceptors (Lipinski definition) is 9. The summed E-state index contributed by atoms with van der Waals surface area (Å²) in [5.41, 5.74) is 0. The predicted molar refractivity (Wildman–Crippen MR) is 138 cm³/mol. The third-order valence-corrected chi connectivity index (χ3v) is 9.86. The zero-order chi connectivity index (χ0) is 26.4. The Morgan fingerprint density at radius 3 is 2.57 bits per heavy atom. The molecule has 0 spiro atoms. The summed E-state index contributed by atoms with van der Waals surface area (Å²) < 4.78 is 39.1. The van der Waals surface area contributed by atoms with E-state index in [1.54, 1.807) is 0 Å². The number of rotatable bonds is 13. The Hall–Kier alpha value is -1.61. The summed E-state index contributed by atoms with van der Waals surface area (Å²) >= 11 is 13.2. The van der Waals surface area contributed by atoms with Gasteiger partial charge in [0.05, 0.1) is 23.4 Å². The van der Waals surface area contributed by atoms with E-state index in [1.165, 1.54) is 31.5 Å². The maximum atomic E-state index is 13.6. The molecule has 0 radical (unpaired) electrons. The van der Waals surface area contributed by atoms with Gasteiger partial charge in [-0.15, -0.1) is 11.8 Å². The lowest BCUT2D eigenvalue weighted by Crippen LogP contribution is -2.35. The molecule has 0 bridgehead atoms. The minimum atomic E-state index is -4.31. The van der Waals surface area contributed by atoms with Crippen molar-refractivity contribution in [2.75, 3.05) is 30.5 Å². The van der Waals surface area contributed by atoms with E-state index >= 15 is 0 Å². The van der Waals surface area contributed by atoms with Gasteiger partial charge in [0.15, 0.2) is 6.10 Å². The van der Waals surface area contributed by atoms with Gasteiger partial charge >= 0.3 is 5.97 Å². The normalized spacial score (nSPS) is 12.9. The number of halogens is 2. The zero-order valence-electron chi connectivity index (χ0n) is 19.6. The summed E-state index contributed by atoms with van der Waals surface area (Å²) in [6.07, 6.45) is -0.351. The number of hydrogen-bond donors (Lipinski definition) is 2. The van der Waals surface area contributed by atoms with Crippen molar-refractivity contribution in [3.63, 3.8) is 0 Å². The molecule has 0 saturated carbocycles. The van der Waals surface area contributed by atoms with Crippen LogP contribution >= 0.6 is 35.0 Å². The SMILES string of the molecule is COc1nc(SC[C@H](O)C(=O)O)cnc1N(COCC[Si](C)(C)C)S(=O)(=O)c1cccc(Cl)c1Cl. The van der Waals surface area contributed by atoms with Gasteiger partial charge in [0.2, 0.25) is 5.82 Å². The third kappa shape index (κ3) is 8.20. The van der Waals surface area contributed by atoms with Crippen LogP contribution in [-0.4, -0.2) is 74.9 Å². The number of methoxy groups -OCH3 is 1. The number of carboxylic acids is 1. The quantitative estimate of drug-likeness (QED) is 0.155. The second-order valence-corrected chi connectivity index (χ2v) is 17.7. The number of nitrogens with zero attached hydrogens (tertiary/aromatic N) is 3. The Morgan fingerprint density at radius 2 is 1.97 bits per heavy atom. The van der Waals surface area contributed by atoms with E-state index in [1.807, 2.05) is 0 Å². The molecular formula is C20H27Cl2N3O7S2Si. The first-order valence-electron chi connectivity index (χ1n) is 10.3. The summed E-state index contributed by atoms with van der Waals surface area (Å²) in [6.45, 7) is 6.46. The summed E-state index contributed by atoms with van der Waals surface area (Å²) in [4.78, 5) is 19.0. The maximum Gasteiger partial charge on any atom is 0.333 e. The lowest BCUT2D eigenvalue weighted by molar-refractivity contribution is -0.145. The van der Waals surface area contributed by atoms with Crippen LogP contribution < -0.4 is 9.04 Å². The molecule has 1 aromatic carbocycles. The summed E-state index contributed by atoms with van der Waals surface area (Å²) in [7, 11) is -4.46. The van der Waals surface area contributed by atoms with E-state index in [4.69, 9.17) is 37.8 Å². The van der Waals surface area contributed by atoms with Crippen molar-refractivity contribution in [2.24, 2.45) is 0 Å². The van der Waals surface area contributed by atoms with Crippen molar-refractivity contribution >= 4 is 64.8 Å². The molecule has 0 fully saturated rings. The summed E-state index contributed by atoms with van der Waals surface area (Å²) in [5, 5.41) is 18.5. The number of sulfonamides is 1. The Balaban J connectivity index is 2.45. The Morgan fingerprint density at radius 1 is 1.29 bits per heavy atom. The van der Waals surface area contributed by atoms with Crippen LogP contribution in [0.15, 0.2) is 34.3 Å². The van der Waals surface area contributed by atoms with Crippen molar-refractivity contribution in [1.29, 1.82) is 0 Å². The number of aromatic nitrogens is 2. The monoisotopic (exact) mass is 583 g/mol. The largest absolute Gasteiger partial charge is 0.479 e. The highest BCUT2D eigenvalue weighted by molar-refractivity contribution is 7.99. The molecule has 1 aromatic heterocycles. The summed E-state index contributed by atoms with van der Waals surface area (Å²) in [5.74, 6) is -1.86. The molecule has 1 atom stereocenters. The van der Waals surface area contributed by atoms with Crippen LogP contribution in [0.2, 0.25) is 35.7 Å². The molecule has 0 aliphatic carbocycles. The minimum absolute atomic E-state index is 0.0640. The molecule has 2 rings (SSSR count). The number of anilines is 1. The lowest BCUT2D eigenvalue weighted by Gasteiger charge is -2.25. The first-order valence-corrected chi connectivity index (χ1v) is 17.2. The minimum Gasteiger partial charge on any atom is -0.479 e. The van der Waals surface area contributed by atoms with Gasteiger partial charge < -0.3 is 19.7 Å². The lowest BCUT2D eigenvalue weighted by atomic mass is 10.4. The molecule has 0 unspecified atom stereocenters. The van der Waals surface area contributed by atoms with Gasteiger partial charge in [-0.1, -0.05) is 48.9 Å². The average Bonchev–Trinajstić information content (AvgIpc) is 2.78. The molecule has 2 aromatic rings. The number of aliphatic hydroxyl groups excluding tert-OH is 1.